The van der Waals surface area contributed by atoms with Crippen molar-refractivity contribution in [2.75, 3.05) is 5.73 Å². The lowest BCUT2D eigenvalue weighted by Crippen LogP contribution is -2.00. The second-order valence-corrected chi connectivity index (χ2v) is 3.66. The number of rotatable bonds is 1. The molecule has 14 heavy (non-hydrogen) atoms. The van der Waals surface area contributed by atoms with Gasteiger partial charge in [0.25, 0.3) is 0 Å². The van der Waals surface area contributed by atoms with Gasteiger partial charge >= 0.3 is 0 Å². The summed E-state index contributed by atoms with van der Waals surface area (Å²) in [4.78, 5) is 4.37. The van der Waals surface area contributed by atoms with Crippen LogP contribution in [0.3, 0.4) is 0 Å². The van der Waals surface area contributed by atoms with E-state index in [9.17, 15) is 0 Å². The molecule has 1 aromatic carbocycles. The van der Waals surface area contributed by atoms with Crippen molar-refractivity contribution in [1.29, 1.82) is 0 Å². The SMILES string of the molecule is CCn1c(N)nc2c(C)cc(C)cc21. The summed E-state index contributed by atoms with van der Waals surface area (Å²) >= 11 is 0. The van der Waals surface area contributed by atoms with Crippen LogP contribution in [0, 0.1) is 13.8 Å². The molecule has 0 aliphatic heterocycles. The second-order valence-electron chi connectivity index (χ2n) is 3.66. The maximum absolute atomic E-state index is 5.83. The third-order valence-corrected chi connectivity index (χ3v) is 2.53. The van der Waals surface area contributed by atoms with Gasteiger partial charge < -0.3 is 10.3 Å². The average molecular weight is 189 g/mol. The molecule has 0 bridgehead atoms. The van der Waals surface area contributed by atoms with Crippen molar-refractivity contribution >= 4 is 17.0 Å². The summed E-state index contributed by atoms with van der Waals surface area (Å²) in [6.45, 7) is 7.11. The van der Waals surface area contributed by atoms with E-state index < -0.39 is 0 Å². The van der Waals surface area contributed by atoms with Gasteiger partial charge in [0.2, 0.25) is 5.95 Å². The summed E-state index contributed by atoms with van der Waals surface area (Å²) in [5, 5.41) is 0. The number of benzene rings is 1. The highest BCUT2D eigenvalue weighted by atomic mass is 15.1. The Kier molecular flexibility index (Phi) is 1.95. The van der Waals surface area contributed by atoms with Crippen LogP contribution in [0.25, 0.3) is 11.0 Å². The summed E-state index contributed by atoms with van der Waals surface area (Å²) in [5.74, 6) is 0.608. The highest BCUT2D eigenvalue weighted by Gasteiger charge is 2.08. The summed E-state index contributed by atoms with van der Waals surface area (Å²) in [7, 11) is 0. The number of anilines is 1. The topological polar surface area (TPSA) is 43.8 Å². The van der Waals surface area contributed by atoms with Crippen LogP contribution in [0.15, 0.2) is 12.1 Å². The molecule has 0 atom stereocenters. The number of aryl methyl sites for hydroxylation is 3. The van der Waals surface area contributed by atoms with Crippen molar-refractivity contribution in [2.45, 2.75) is 27.3 Å². The molecular formula is C11H15N3. The van der Waals surface area contributed by atoms with Gasteiger partial charge in [-0.25, -0.2) is 4.98 Å². The summed E-state index contributed by atoms with van der Waals surface area (Å²) in [6, 6.07) is 4.27. The molecule has 74 valence electrons. The molecule has 3 nitrogen and oxygen atoms in total. The molecule has 1 heterocycles. The van der Waals surface area contributed by atoms with Gasteiger partial charge in [-0.05, 0) is 38.0 Å². The third kappa shape index (κ3) is 1.16. The van der Waals surface area contributed by atoms with Gasteiger partial charge in [-0.1, -0.05) is 6.07 Å². The van der Waals surface area contributed by atoms with Crippen LogP contribution in [-0.4, -0.2) is 9.55 Å². The number of nitrogen functional groups attached to an aromatic ring is 1. The van der Waals surface area contributed by atoms with Gasteiger partial charge in [0.1, 0.15) is 0 Å². The van der Waals surface area contributed by atoms with E-state index in [1.165, 1.54) is 11.1 Å². The van der Waals surface area contributed by atoms with Gasteiger partial charge in [0, 0.05) is 6.54 Å². The number of fused-ring (bicyclic) bond motifs is 1. The first-order valence-electron chi connectivity index (χ1n) is 4.86. The van der Waals surface area contributed by atoms with Gasteiger partial charge in [0.15, 0.2) is 0 Å². The van der Waals surface area contributed by atoms with Crippen molar-refractivity contribution in [3.63, 3.8) is 0 Å². The fraction of sp³-hybridized carbons (Fsp3) is 0.364. The van der Waals surface area contributed by atoms with Crippen molar-refractivity contribution in [3.05, 3.63) is 23.3 Å². The van der Waals surface area contributed by atoms with Crippen LogP contribution in [0.5, 0.6) is 0 Å². The van der Waals surface area contributed by atoms with E-state index >= 15 is 0 Å². The molecule has 1 aromatic heterocycles. The second kappa shape index (κ2) is 3.01. The smallest absolute Gasteiger partial charge is 0.201 e. The number of aromatic nitrogens is 2. The molecule has 0 amide bonds. The molecule has 2 rings (SSSR count). The zero-order chi connectivity index (χ0) is 10.3. The molecule has 0 spiro atoms. The fourth-order valence-corrected chi connectivity index (χ4v) is 1.92. The monoisotopic (exact) mass is 189 g/mol. The minimum atomic E-state index is 0.608. The van der Waals surface area contributed by atoms with Crippen molar-refractivity contribution in [2.24, 2.45) is 0 Å². The Hall–Kier alpha value is -1.51. The lowest BCUT2D eigenvalue weighted by Gasteiger charge is -2.02. The van der Waals surface area contributed by atoms with Crippen molar-refractivity contribution < 1.29 is 0 Å². The molecule has 0 fully saturated rings. The molecule has 2 aromatic rings. The van der Waals surface area contributed by atoms with Crippen LogP contribution < -0.4 is 5.73 Å². The molecule has 0 aliphatic carbocycles. The van der Waals surface area contributed by atoms with E-state index in [1.54, 1.807) is 0 Å². The lowest BCUT2D eigenvalue weighted by molar-refractivity contribution is 0.800. The third-order valence-electron chi connectivity index (χ3n) is 2.53. The molecular weight excluding hydrogens is 174 g/mol. The Morgan fingerprint density at radius 2 is 2.07 bits per heavy atom. The number of nitrogens with two attached hydrogens (primary N) is 1. The zero-order valence-corrected chi connectivity index (χ0v) is 8.83. The highest BCUT2D eigenvalue weighted by Crippen LogP contribution is 2.22. The highest BCUT2D eigenvalue weighted by molar-refractivity contribution is 5.82. The fourth-order valence-electron chi connectivity index (χ4n) is 1.92. The maximum atomic E-state index is 5.83. The van der Waals surface area contributed by atoms with E-state index in [2.05, 4.69) is 37.9 Å². The largest absolute Gasteiger partial charge is 0.369 e. The predicted octanol–water partition coefficient (Wildman–Crippen LogP) is 2.26. The van der Waals surface area contributed by atoms with E-state index in [0.717, 1.165) is 17.6 Å². The Morgan fingerprint density at radius 3 is 2.71 bits per heavy atom. The van der Waals surface area contributed by atoms with Gasteiger partial charge in [0.05, 0.1) is 11.0 Å². The number of hydrogen-bond acceptors (Lipinski definition) is 2. The number of imidazole rings is 1. The van der Waals surface area contributed by atoms with Crippen LogP contribution in [0.4, 0.5) is 5.95 Å². The zero-order valence-electron chi connectivity index (χ0n) is 8.83. The Labute approximate surface area is 83.6 Å². The van der Waals surface area contributed by atoms with Gasteiger partial charge in [-0.3, -0.25) is 0 Å². The first-order valence-corrected chi connectivity index (χ1v) is 4.86. The predicted molar refractivity (Wildman–Crippen MR) is 59.3 cm³/mol. The molecule has 0 unspecified atom stereocenters. The van der Waals surface area contributed by atoms with Crippen molar-refractivity contribution in [3.8, 4) is 0 Å². The Morgan fingerprint density at radius 1 is 1.36 bits per heavy atom. The van der Waals surface area contributed by atoms with E-state index in [1.807, 2.05) is 4.57 Å². The van der Waals surface area contributed by atoms with E-state index in [4.69, 9.17) is 5.73 Å². The first-order chi connectivity index (χ1) is 6.63. The Bertz CT molecular complexity index is 483. The van der Waals surface area contributed by atoms with E-state index in [0.29, 0.717) is 5.95 Å². The number of nitrogens with zero attached hydrogens (tertiary/aromatic N) is 2. The minimum Gasteiger partial charge on any atom is -0.369 e. The average Bonchev–Trinajstić information content (AvgIpc) is 2.41. The molecule has 0 saturated carbocycles. The molecule has 0 radical (unpaired) electrons. The summed E-state index contributed by atoms with van der Waals surface area (Å²) < 4.78 is 2.04. The molecule has 0 saturated heterocycles. The van der Waals surface area contributed by atoms with Crippen LogP contribution >= 0.6 is 0 Å². The van der Waals surface area contributed by atoms with Crippen LogP contribution in [0.2, 0.25) is 0 Å². The molecule has 3 heteroatoms. The van der Waals surface area contributed by atoms with E-state index in [-0.39, 0.29) is 0 Å². The Balaban J connectivity index is 2.87. The quantitative estimate of drug-likeness (QED) is 0.747. The minimum absolute atomic E-state index is 0.608. The maximum Gasteiger partial charge on any atom is 0.201 e. The van der Waals surface area contributed by atoms with Crippen LogP contribution in [0.1, 0.15) is 18.1 Å². The molecule has 2 N–H and O–H groups in total. The summed E-state index contributed by atoms with van der Waals surface area (Å²) in [6.07, 6.45) is 0. The van der Waals surface area contributed by atoms with Crippen LogP contribution in [-0.2, 0) is 6.54 Å². The first kappa shape index (κ1) is 9.06. The van der Waals surface area contributed by atoms with Gasteiger partial charge in [-0.2, -0.15) is 0 Å². The lowest BCUT2D eigenvalue weighted by atomic mass is 10.1. The van der Waals surface area contributed by atoms with Crippen molar-refractivity contribution in [1.82, 2.24) is 9.55 Å². The number of hydrogen-bond donors (Lipinski definition) is 1. The normalized spacial score (nSPS) is 11.1. The molecule has 0 aliphatic rings. The summed E-state index contributed by atoms with van der Waals surface area (Å²) in [5.41, 5.74) is 10.4. The standard InChI is InChI=1S/C11H15N3/c1-4-14-9-6-7(2)5-8(3)10(9)13-11(14)12/h5-6H,4H2,1-3H3,(H2,12,13). The van der Waals surface area contributed by atoms with Gasteiger partial charge in [-0.15, -0.1) is 0 Å².